The number of fused-ring (bicyclic) bond motifs is 1. The average molecular weight is 285 g/mol. The monoisotopic (exact) mass is 285 g/mol. The molecule has 5 nitrogen and oxygen atoms in total. The van der Waals surface area contributed by atoms with Crippen LogP contribution in [0.2, 0.25) is 0 Å². The number of amides is 1. The van der Waals surface area contributed by atoms with E-state index in [2.05, 4.69) is 0 Å². The summed E-state index contributed by atoms with van der Waals surface area (Å²) in [5.74, 6) is 1.08. The molecule has 0 saturated heterocycles. The Hall–Kier alpha value is -2.69. The van der Waals surface area contributed by atoms with Crippen molar-refractivity contribution in [3.05, 3.63) is 48.5 Å². The van der Waals surface area contributed by atoms with E-state index in [1.54, 1.807) is 37.4 Å². The summed E-state index contributed by atoms with van der Waals surface area (Å²) in [5.41, 5.74) is 0.599. The van der Waals surface area contributed by atoms with E-state index < -0.39 is 6.10 Å². The molecule has 2 aromatic rings. The third-order valence-corrected chi connectivity index (χ3v) is 3.33. The van der Waals surface area contributed by atoms with Crippen molar-refractivity contribution in [2.45, 2.75) is 6.10 Å². The highest BCUT2D eigenvalue weighted by atomic mass is 16.6. The number of rotatable bonds is 2. The van der Waals surface area contributed by atoms with Crippen LogP contribution in [0.1, 0.15) is 0 Å². The summed E-state index contributed by atoms with van der Waals surface area (Å²) >= 11 is 0. The lowest BCUT2D eigenvalue weighted by Crippen LogP contribution is -2.45. The summed E-state index contributed by atoms with van der Waals surface area (Å²) in [5, 5.41) is 9.49. The number of para-hydroxylation sites is 2. The Morgan fingerprint density at radius 2 is 1.95 bits per heavy atom. The van der Waals surface area contributed by atoms with Gasteiger partial charge in [0, 0.05) is 18.8 Å². The van der Waals surface area contributed by atoms with Gasteiger partial charge in [-0.05, 0) is 24.3 Å². The van der Waals surface area contributed by atoms with Crippen molar-refractivity contribution >= 4 is 11.6 Å². The fourth-order valence-electron chi connectivity index (χ4n) is 2.19. The molecule has 1 atom stereocenters. The highest BCUT2D eigenvalue weighted by Crippen LogP contribution is 2.31. The minimum absolute atomic E-state index is 0.110. The second kappa shape index (κ2) is 5.36. The molecule has 5 heteroatoms. The number of nitrogens with zero attached hydrogens (tertiary/aromatic N) is 1. The molecular weight excluding hydrogens is 270 g/mol. The smallest absolute Gasteiger partial charge is 0.271 e. The maximum Gasteiger partial charge on any atom is 0.271 e. The molecule has 0 radical (unpaired) electrons. The molecule has 1 heterocycles. The van der Waals surface area contributed by atoms with Gasteiger partial charge in [-0.25, -0.2) is 0 Å². The molecule has 1 N–H and O–H groups in total. The summed E-state index contributed by atoms with van der Waals surface area (Å²) < 4.78 is 11.2. The fourth-order valence-corrected chi connectivity index (χ4v) is 2.19. The maximum absolute atomic E-state index is 12.5. The van der Waals surface area contributed by atoms with Crippen LogP contribution in [0.15, 0.2) is 48.5 Å². The van der Waals surface area contributed by atoms with E-state index in [-0.39, 0.29) is 18.3 Å². The van der Waals surface area contributed by atoms with Crippen molar-refractivity contribution in [2.75, 3.05) is 18.6 Å². The predicted octanol–water partition coefficient (Wildman–Crippen LogP) is 2.19. The first-order valence-electron chi connectivity index (χ1n) is 6.60. The lowest BCUT2D eigenvalue weighted by Gasteiger charge is -2.28. The van der Waals surface area contributed by atoms with Crippen molar-refractivity contribution < 1.29 is 19.4 Å². The van der Waals surface area contributed by atoms with Gasteiger partial charge in [0.2, 0.25) is 6.10 Å². The van der Waals surface area contributed by atoms with Crippen molar-refractivity contribution in [1.82, 2.24) is 0 Å². The normalized spacial score (nSPS) is 16.3. The minimum Gasteiger partial charge on any atom is -0.508 e. The van der Waals surface area contributed by atoms with E-state index in [0.717, 1.165) is 0 Å². The van der Waals surface area contributed by atoms with Crippen LogP contribution in [-0.2, 0) is 4.79 Å². The van der Waals surface area contributed by atoms with Gasteiger partial charge in [-0.1, -0.05) is 18.2 Å². The van der Waals surface area contributed by atoms with Crippen LogP contribution in [-0.4, -0.2) is 30.8 Å². The average Bonchev–Trinajstić information content (AvgIpc) is 2.53. The van der Waals surface area contributed by atoms with E-state index >= 15 is 0 Å². The quantitative estimate of drug-likeness (QED) is 0.919. The van der Waals surface area contributed by atoms with Gasteiger partial charge in [-0.2, -0.15) is 0 Å². The Morgan fingerprint density at radius 3 is 2.71 bits per heavy atom. The van der Waals surface area contributed by atoms with Crippen LogP contribution < -0.4 is 14.4 Å². The molecule has 1 aliphatic heterocycles. The number of phenolic OH excluding ortho intramolecular Hbond substituents is 1. The molecule has 0 aliphatic carbocycles. The van der Waals surface area contributed by atoms with Crippen molar-refractivity contribution in [2.24, 2.45) is 0 Å². The predicted molar refractivity (Wildman–Crippen MR) is 77.9 cm³/mol. The number of carbonyl (C=O) groups excluding carboxylic acids is 1. The Balaban J connectivity index is 1.77. The van der Waals surface area contributed by atoms with E-state index in [9.17, 15) is 9.90 Å². The largest absolute Gasteiger partial charge is 0.508 e. The van der Waals surface area contributed by atoms with Gasteiger partial charge in [0.1, 0.15) is 12.4 Å². The van der Waals surface area contributed by atoms with Crippen LogP contribution in [0.4, 0.5) is 5.69 Å². The SMILES string of the molecule is CN(C(=O)C1COc2ccccc2O1)c1cccc(O)c1. The van der Waals surface area contributed by atoms with Gasteiger partial charge in [0.15, 0.2) is 11.5 Å². The first kappa shape index (κ1) is 13.3. The number of phenols is 1. The first-order chi connectivity index (χ1) is 10.1. The summed E-state index contributed by atoms with van der Waals surface area (Å²) in [6, 6.07) is 13.8. The standard InChI is InChI=1S/C16H15NO4/c1-17(11-5-4-6-12(18)9-11)16(19)15-10-20-13-7-2-3-8-14(13)21-15/h2-9,15,18H,10H2,1H3. The Labute approximate surface area is 122 Å². The molecule has 0 spiro atoms. The topological polar surface area (TPSA) is 59.0 Å². The second-order valence-corrected chi connectivity index (χ2v) is 4.78. The van der Waals surface area contributed by atoms with Crippen LogP contribution >= 0.6 is 0 Å². The second-order valence-electron chi connectivity index (χ2n) is 4.78. The van der Waals surface area contributed by atoms with Crippen molar-refractivity contribution in [3.8, 4) is 17.2 Å². The molecule has 21 heavy (non-hydrogen) atoms. The van der Waals surface area contributed by atoms with Gasteiger partial charge in [-0.3, -0.25) is 4.79 Å². The van der Waals surface area contributed by atoms with Crippen molar-refractivity contribution in [1.29, 1.82) is 0 Å². The number of hydrogen-bond donors (Lipinski definition) is 1. The lowest BCUT2D eigenvalue weighted by molar-refractivity contribution is -0.127. The molecule has 2 aromatic carbocycles. The summed E-state index contributed by atoms with van der Waals surface area (Å²) in [6.07, 6.45) is -0.702. The Kier molecular flexibility index (Phi) is 3.39. The third kappa shape index (κ3) is 2.63. The molecule has 108 valence electrons. The highest BCUT2D eigenvalue weighted by Gasteiger charge is 2.30. The van der Waals surface area contributed by atoms with E-state index in [1.807, 2.05) is 12.1 Å². The zero-order valence-electron chi connectivity index (χ0n) is 11.5. The molecule has 0 bridgehead atoms. The number of likely N-dealkylation sites (N-methyl/N-ethyl adjacent to an activating group) is 1. The minimum atomic E-state index is -0.702. The fraction of sp³-hybridized carbons (Fsp3) is 0.188. The number of aromatic hydroxyl groups is 1. The number of hydrogen-bond acceptors (Lipinski definition) is 4. The third-order valence-electron chi connectivity index (χ3n) is 3.33. The number of ether oxygens (including phenoxy) is 2. The molecule has 0 aromatic heterocycles. The molecule has 1 aliphatic rings. The van der Waals surface area contributed by atoms with E-state index in [1.165, 1.54) is 11.0 Å². The van der Waals surface area contributed by atoms with Crippen LogP contribution in [0, 0.1) is 0 Å². The van der Waals surface area contributed by atoms with Crippen LogP contribution in [0.3, 0.4) is 0 Å². The summed E-state index contributed by atoms with van der Waals surface area (Å²) in [7, 11) is 1.64. The molecule has 3 rings (SSSR count). The first-order valence-corrected chi connectivity index (χ1v) is 6.60. The summed E-state index contributed by atoms with van der Waals surface area (Å²) in [4.78, 5) is 13.9. The number of carbonyl (C=O) groups is 1. The number of benzene rings is 2. The van der Waals surface area contributed by atoms with Gasteiger partial charge < -0.3 is 19.5 Å². The molecule has 0 fully saturated rings. The van der Waals surface area contributed by atoms with Gasteiger partial charge in [0.05, 0.1) is 0 Å². The Bertz CT molecular complexity index is 671. The molecule has 0 saturated carbocycles. The van der Waals surface area contributed by atoms with E-state index in [4.69, 9.17) is 9.47 Å². The zero-order valence-corrected chi connectivity index (χ0v) is 11.5. The van der Waals surface area contributed by atoms with Gasteiger partial charge in [-0.15, -0.1) is 0 Å². The lowest BCUT2D eigenvalue weighted by atomic mass is 10.2. The van der Waals surface area contributed by atoms with Crippen LogP contribution in [0.5, 0.6) is 17.2 Å². The number of anilines is 1. The molecule has 1 unspecified atom stereocenters. The molecular formula is C16H15NO4. The molecule has 1 amide bonds. The van der Waals surface area contributed by atoms with Gasteiger partial charge >= 0.3 is 0 Å². The zero-order chi connectivity index (χ0) is 14.8. The van der Waals surface area contributed by atoms with Gasteiger partial charge in [0.25, 0.3) is 5.91 Å². The Morgan fingerprint density at radius 1 is 1.19 bits per heavy atom. The van der Waals surface area contributed by atoms with E-state index in [0.29, 0.717) is 17.2 Å². The highest BCUT2D eigenvalue weighted by molar-refractivity contribution is 5.96. The summed E-state index contributed by atoms with van der Waals surface area (Å²) in [6.45, 7) is 0.166. The maximum atomic E-state index is 12.5. The van der Waals surface area contributed by atoms with Crippen molar-refractivity contribution in [3.63, 3.8) is 0 Å². The van der Waals surface area contributed by atoms with Crippen LogP contribution in [0.25, 0.3) is 0 Å².